The van der Waals surface area contributed by atoms with E-state index >= 15 is 0 Å². The highest BCUT2D eigenvalue weighted by Crippen LogP contribution is 1.95. The van der Waals surface area contributed by atoms with Crippen molar-refractivity contribution in [1.29, 1.82) is 0 Å². The lowest BCUT2D eigenvalue weighted by Crippen LogP contribution is -2.42. The van der Waals surface area contributed by atoms with E-state index in [1.54, 1.807) is 0 Å². The minimum absolute atomic E-state index is 0.186. The fourth-order valence-corrected chi connectivity index (χ4v) is 1.91. The molecule has 1 fully saturated rings. The van der Waals surface area contributed by atoms with E-state index in [4.69, 9.17) is 4.74 Å². The molecule has 0 aromatic rings. The number of carbonyl (C=O) groups is 1. The number of amides is 1. The van der Waals surface area contributed by atoms with Crippen LogP contribution in [0.3, 0.4) is 0 Å². The normalized spacial score (nSPS) is 16.8. The zero-order valence-corrected chi connectivity index (χ0v) is 11.8. The molecule has 5 nitrogen and oxygen atoms in total. The molecule has 18 heavy (non-hydrogen) atoms. The number of ether oxygens (including phenoxy) is 1. The molecule has 1 N–H and O–H groups in total. The molecule has 0 spiro atoms. The second-order valence-corrected chi connectivity index (χ2v) is 4.80. The summed E-state index contributed by atoms with van der Waals surface area (Å²) in [5, 5.41) is 3.22. The summed E-state index contributed by atoms with van der Waals surface area (Å²) in [5.41, 5.74) is 0. The molecule has 0 aromatic heterocycles. The molecular formula is C13H27N3O2. The third kappa shape index (κ3) is 6.33. The van der Waals surface area contributed by atoms with Crippen molar-refractivity contribution in [3.63, 3.8) is 0 Å². The summed E-state index contributed by atoms with van der Waals surface area (Å²) in [6.07, 6.45) is 2.21. The molecule has 1 aliphatic heterocycles. The van der Waals surface area contributed by atoms with E-state index in [0.717, 1.165) is 58.8 Å². The van der Waals surface area contributed by atoms with Crippen LogP contribution >= 0.6 is 0 Å². The van der Waals surface area contributed by atoms with Crippen LogP contribution in [0.25, 0.3) is 0 Å². The van der Waals surface area contributed by atoms with E-state index in [-0.39, 0.29) is 5.91 Å². The summed E-state index contributed by atoms with van der Waals surface area (Å²) >= 11 is 0. The smallest absolute Gasteiger partial charge is 0.236 e. The summed E-state index contributed by atoms with van der Waals surface area (Å²) in [6.45, 7) is 8.99. The van der Waals surface area contributed by atoms with Gasteiger partial charge in [-0.25, -0.2) is 0 Å². The van der Waals surface area contributed by atoms with Crippen molar-refractivity contribution >= 4 is 5.91 Å². The van der Waals surface area contributed by atoms with E-state index in [1.165, 1.54) is 0 Å². The molecule has 0 radical (unpaired) electrons. The van der Waals surface area contributed by atoms with Crippen LogP contribution in [0.15, 0.2) is 0 Å². The van der Waals surface area contributed by atoms with Gasteiger partial charge in [0.2, 0.25) is 5.91 Å². The highest BCUT2D eigenvalue weighted by molar-refractivity contribution is 5.77. The molecule has 1 heterocycles. The van der Waals surface area contributed by atoms with Crippen molar-refractivity contribution in [2.75, 3.05) is 59.5 Å². The Kier molecular flexibility index (Phi) is 7.96. The number of unbranched alkanes of at least 4 members (excludes halogenated alkanes) is 1. The molecule has 1 aliphatic rings. The van der Waals surface area contributed by atoms with Gasteiger partial charge < -0.3 is 15.0 Å². The number of nitrogens with zero attached hydrogens (tertiary/aromatic N) is 2. The van der Waals surface area contributed by atoms with E-state index in [1.807, 2.05) is 11.9 Å². The Morgan fingerprint density at radius 1 is 1.39 bits per heavy atom. The quantitative estimate of drug-likeness (QED) is 0.630. The van der Waals surface area contributed by atoms with Gasteiger partial charge in [-0.15, -0.1) is 0 Å². The largest absolute Gasteiger partial charge is 0.379 e. The summed E-state index contributed by atoms with van der Waals surface area (Å²) in [6, 6.07) is 0. The van der Waals surface area contributed by atoms with Crippen LogP contribution in [0.5, 0.6) is 0 Å². The summed E-state index contributed by atoms with van der Waals surface area (Å²) in [5.74, 6) is 0.186. The fourth-order valence-electron chi connectivity index (χ4n) is 1.91. The lowest BCUT2D eigenvalue weighted by atomic mass is 10.3. The predicted molar refractivity (Wildman–Crippen MR) is 72.7 cm³/mol. The Labute approximate surface area is 110 Å². The second-order valence-electron chi connectivity index (χ2n) is 4.80. The third-order valence-corrected chi connectivity index (χ3v) is 3.26. The van der Waals surface area contributed by atoms with Crippen molar-refractivity contribution in [2.24, 2.45) is 0 Å². The molecule has 1 amide bonds. The Balaban J connectivity index is 2.00. The topological polar surface area (TPSA) is 44.8 Å². The van der Waals surface area contributed by atoms with Crippen LogP contribution in [0.1, 0.15) is 19.8 Å². The van der Waals surface area contributed by atoms with Crippen LogP contribution in [0, 0.1) is 0 Å². The summed E-state index contributed by atoms with van der Waals surface area (Å²) in [4.78, 5) is 15.9. The van der Waals surface area contributed by atoms with E-state index in [9.17, 15) is 4.79 Å². The standard InChI is InChI=1S/C13H27N3O2/c1-3-4-6-15(2)13(17)12-14-5-7-16-8-10-18-11-9-16/h14H,3-12H2,1-2H3. The van der Waals surface area contributed by atoms with Gasteiger partial charge in [0.1, 0.15) is 0 Å². The van der Waals surface area contributed by atoms with Gasteiger partial charge in [-0.2, -0.15) is 0 Å². The average molecular weight is 257 g/mol. The van der Waals surface area contributed by atoms with Crippen molar-refractivity contribution < 1.29 is 9.53 Å². The van der Waals surface area contributed by atoms with Crippen molar-refractivity contribution in [3.8, 4) is 0 Å². The Bertz CT molecular complexity index is 230. The molecule has 1 saturated heterocycles. The number of likely N-dealkylation sites (N-methyl/N-ethyl adjacent to an activating group) is 1. The molecular weight excluding hydrogens is 230 g/mol. The van der Waals surface area contributed by atoms with E-state index in [2.05, 4.69) is 17.1 Å². The number of carbonyl (C=O) groups excluding carboxylic acids is 1. The van der Waals surface area contributed by atoms with Gasteiger partial charge in [0.05, 0.1) is 19.8 Å². The second kappa shape index (κ2) is 9.30. The number of nitrogens with one attached hydrogen (secondary N) is 1. The molecule has 0 atom stereocenters. The Morgan fingerprint density at radius 3 is 2.78 bits per heavy atom. The number of morpholine rings is 1. The van der Waals surface area contributed by atoms with Gasteiger partial charge in [-0.1, -0.05) is 13.3 Å². The van der Waals surface area contributed by atoms with E-state index in [0.29, 0.717) is 6.54 Å². The maximum Gasteiger partial charge on any atom is 0.236 e. The first kappa shape index (κ1) is 15.4. The van der Waals surface area contributed by atoms with Gasteiger partial charge in [-0.3, -0.25) is 9.69 Å². The third-order valence-electron chi connectivity index (χ3n) is 3.26. The maximum absolute atomic E-state index is 11.7. The zero-order chi connectivity index (χ0) is 13.2. The SMILES string of the molecule is CCCCN(C)C(=O)CNCCN1CCOCC1. The lowest BCUT2D eigenvalue weighted by molar-refractivity contribution is -0.129. The minimum Gasteiger partial charge on any atom is -0.379 e. The van der Waals surface area contributed by atoms with Gasteiger partial charge >= 0.3 is 0 Å². The van der Waals surface area contributed by atoms with Gasteiger partial charge in [0, 0.05) is 39.8 Å². The molecule has 106 valence electrons. The monoisotopic (exact) mass is 257 g/mol. The van der Waals surface area contributed by atoms with E-state index < -0.39 is 0 Å². The number of rotatable bonds is 8. The Morgan fingerprint density at radius 2 is 2.11 bits per heavy atom. The van der Waals surface area contributed by atoms with Crippen molar-refractivity contribution in [2.45, 2.75) is 19.8 Å². The van der Waals surface area contributed by atoms with Crippen LogP contribution in [-0.4, -0.2) is 75.2 Å². The van der Waals surface area contributed by atoms with Crippen molar-refractivity contribution in [1.82, 2.24) is 15.1 Å². The molecule has 1 rings (SSSR count). The predicted octanol–water partition coefficient (Wildman–Crippen LogP) is 0.167. The average Bonchev–Trinajstić information content (AvgIpc) is 2.41. The first-order valence-corrected chi connectivity index (χ1v) is 6.98. The highest BCUT2D eigenvalue weighted by atomic mass is 16.5. The van der Waals surface area contributed by atoms with Gasteiger partial charge in [-0.05, 0) is 6.42 Å². The number of hydrogen-bond donors (Lipinski definition) is 1. The Hall–Kier alpha value is -0.650. The molecule has 0 saturated carbocycles. The van der Waals surface area contributed by atoms with Gasteiger partial charge in [0.15, 0.2) is 0 Å². The molecule has 0 bridgehead atoms. The first-order chi connectivity index (χ1) is 8.74. The van der Waals surface area contributed by atoms with Crippen LogP contribution in [0.2, 0.25) is 0 Å². The lowest BCUT2D eigenvalue weighted by Gasteiger charge is -2.26. The number of hydrogen-bond acceptors (Lipinski definition) is 4. The zero-order valence-electron chi connectivity index (χ0n) is 11.8. The molecule has 5 heteroatoms. The summed E-state index contributed by atoms with van der Waals surface area (Å²) < 4.78 is 5.29. The fraction of sp³-hybridized carbons (Fsp3) is 0.923. The molecule has 0 aliphatic carbocycles. The van der Waals surface area contributed by atoms with Crippen LogP contribution < -0.4 is 5.32 Å². The van der Waals surface area contributed by atoms with Crippen LogP contribution in [-0.2, 0) is 9.53 Å². The van der Waals surface area contributed by atoms with Crippen LogP contribution in [0.4, 0.5) is 0 Å². The highest BCUT2D eigenvalue weighted by Gasteiger charge is 2.10. The molecule has 0 aromatic carbocycles. The van der Waals surface area contributed by atoms with Gasteiger partial charge in [0.25, 0.3) is 0 Å². The maximum atomic E-state index is 11.7. The van der Waals surface area contributed by atoms with Crippen molar-refractivity contribution in [3.05, 3.63) is 0 Å². The first-order valence-electron chi connectivity index (χ1n) is 6.98. The minimum atomic E-state index is 0.186. The summed E-state index contributed by atoms with van der Waals surface area (Å²) in [7, 11) is 1.88. The molecule has 0 unspecified atom stereocenters.